The van der Waals surface area contributed by atoms with Gasteiger partial charge in [-0.3, -0.25) is 15.1 Å². The second kappa shape index (κ2) is 2.62. The standard InChI is InChI=1S/C8H11N5O2/c1-12-5-4(6(14)11-8(12)15)13-3-2-9-7(13)10-5/h4-5H,2-3H2,1H3,(H,9,10)(H,11,14,15). The molecule has 0 spiro atoms. The molecule has 3 aliphatic heterocycles. The van der Waals surface area contributed by atoms with E-state index in [1.54, 1.807) is 7.05 Å². The molecule has 0 aliphatic carbocycles. The maximum atomic E-state index is 11.7. The lowest BCUT2D eigenvalue weighted by Crippen LogP contribution is -2.65. The molecule has 15 heavy (non-hydrogen) atoms. The zero-order chi connectivity index (χ0) is 10.6. The van der Waals surface area contributed by atoms with Crippen LogP contribution in [0.2, 0.25) is 0 Å². The van der Waals surface area contributed by atoms with Crippen LogP contribution in [0.25, 0.3) is 0 Å². The average Bonchev–Trinajstić information content (AvgIpc) is 2.72. The van der Waals surface area contributed by atoms with E-state index in [2.05, 4.69) is 15.6 Å². The molecular weight excluding hydrogens is 198 g/mol. The van der Waals surface area contributed by atoms with Crippen LogP contribution in [-0.4, -0.2) is 60.0 Å². The van der Waals surface area contributed by atoms with E-state index < -0.39 is 0 Å². The number of carbonyl (C=O) groups is 2. The molecule has 2 N–H and O–H groups in total. The third kappa shape index (κ3) is 0.971. The minimum absolute atomic E-state index is 0.247. The molecule has 2 unspecified atom stereocenters. The number of hydrogen-bond acceptors (Lipinski definition) is 5. The first-order chi connectivity index (χ1) is 7.18. The highest BCUT2D eigenvalue weighted by atomic mass is 16.2. The zero-order valence-electron chi connectivity index (χ0n) is 8.23. The summed E-state index contributed by atoms with van der Waals surface area (Å²) in [6.45, 7) is 1.44. The van der Waals surface area contributed by atoms with Gasteiger partial charge >= 0.3 is 6.03 Å². The van der Waals surface area contributed by atoms with Gasteiger partial charge in [0.25, 0.3) is 5.91 Å². The molecule has 0 radical (unpaired) electrons. The third-order valence-electron chi connectivity index (χ3n) is 3.02. The van der Waals surface area contributed by atoms with E-state index in [0.29, 0.717) is 6.54 Å². The number of nitrogens with zero attached hydrogens (tertiary/aromatic N) is 3. The number of aliphatic imine (C=N–C) groups is 1. The summed E-state index contributed by atoms with van der Waals surface area (Å²) in [6, 6.07) is -0.704. The maximum Gasteiger partial charge on any atom is 0.325 e. The van der Waals surface area contributed by atoms with Crippen LogP contribution in [0.15, 0.2) is 4.99 Å². The summed E-state index contributed by atoms with van der Waals surface area (Å²) in [6.07, 6.45) is -0.287. The van der Waals surface area contributed by atoms with E-state index in [1.165, 1.54) is 4.90 Å². The van der Waals surface area contributed by atoms with Crippen LogP contribution in [0.4, 0.5) is 4.79 Å². The van der Waals surface area contributed by atoms with Crippen LogP contribution in [0.5, 0.6) is 0 Å². The lowest BCUT2D eigenvalue weighted by atomic mass is 10.1. The molecule has 3 amide bonds. The van der Waals surface area contributed by atoms with Gasteiger partial charge in [-0.2, -0.15) is 0 Å². The molecule has 0 bridgehead atoms. The van der Waals surface area contributed by atoms with Gasteiger partial charge in [0.2, 0.25) is 0 Å². The molecule has 2 saturated heterocycles. The quantitative estimate of drug-likeness (QED) is 0.490. The number of urea groups is 1. The van der Waals surface area contributed by atoms with Crippen molar-refractivity contribution in [3.63, 3.8) is 0 Å². The SMILES string of the molecule is CN1C(=O)NC(=O)C2C1NC1=NCCN12. The Labute approximate surface area is 86.1 Å². The van der Waals surface area contributed by atoms with Gasteiger partial charge in [-0.05, 0) is 0 Å². The van der Waals surface area contributed by atoms with Crippen LogP contribution < -0.4 is 10.6 Å². The van der Waals surface area contributed by atoms with Gasteiger partial charge in [0.1, 0.15) is 6.17 Å². The van der Waals surface area contributed by atoms with Crippen molar-refractivity contribution in [2.24, 2.45) is 4.99 Å². The Kier molecular flexibility index (Phi) is 1.49. The van der Waals surface area contributed by atoms with E-state index in [-0.39, 0.29) is 24.1 Å². The van der Waals surface area contributed by atoms with Crippen molar-refractivity contribution in [1.29, 1.82) is 0 Å². The predicted molar refractivity (Wildman–Crippen MR) is 51.0 cm³/mol. The molecule has 2 atom stereocenters. The first-order valence-electron chi connectivity index (χ1n) is 4.84. The molecule has 0 aromatic heterocycles. The van der Waals surface area contributed by atoms with Crippen LogP contribution in [-0.2, 0) is 4.79 Å². The number of fused-ring (bicyclic) bond motifs is 3. The number of carbonyl (C=O) groups excluding carboxylic acids is 2. The first-order valence-corrected chi connectivity index (χ1v) is 4.84. The van der Waals surface area contributed by atoms with Crippen molar-refractivity contribution >= 4 is 17.9 Å². The topological polar surface area (TPSA) is 77.0 Å². The second-order valence-electron chi connectivity index (χ2n) is 3.84. The Hall–Kier alpha value is -1.79. The maximum absolute atomic E-state index is 11.7. The lowest BCUT2D eigenvalue weighted by Gasteiger charge is -2.34. The van der Waals surface area contributed by atoms with Crippen molar-refractivity contribution in [1.82, 2.24) is 20.4 Å². The largest absolute Gasteiger partial charge is 0.334 e. The molecule has 80 valence electrons. The highest BCUT2D eigenvalue weighted by Crippen LogP contribution is 2.22. The lowest BCUT2D eigenvalue weighted by molar-refractivity contribution is -0.126. The Balaban J connectivity index is 1.97. The van der Waals surface area contributed by atoms with Gasteiger partial charge in [-0.1, -0.05) is 0 Å². The van der Waals surface area contributed by atoms with Crippen molar-refractivity contribution in [2.45, 2.75) is 12.2 Å². The van der Waals surface area contributed by atoms with Crippen molar-refractivity contribution in [3.05, 3.63) is 0 Å². The van der Waals surface area contributed by atoms with Crippen LogP contribution in [0.1, 0.15) is 0 Å². The molecule has 3 heterocycles. The Bertz CT molecular complexity index is 379. The van der Waals surface area contributed by atoms with Gasteiger partial charge < -0.3 is 15.1 Å². The van der Waals surface area contributed by atoms with E-state index in [1.807, 2.05) is 4.90 Å². The molecule has 0 aromatic carbocycles. The minimum Gasteiger partial charge on any atom is -0.334 e. The Morgan fingerprint density at radius 2 is 2.27 bits per heavy atom. The summed E-state index contributed by atoms with van der Waals surface area (Å²) in [7, 11) is 1.66. The fourth-order valence-corrected chi connectivity index (χ4v) is 2.23. The fraction of sp³-hybridized carbons (Fsp3) is 0.625. The molecule has 7 nitrogen and oxygen atoms in total. The second-order valence-corrected chi connectivity index (χ2v) is 3.84. The van der Waals surface area contributed by atoms with Crippen LogP contribution >= 0.6 is 0 Å². The minimum atomic E-state index is -0.365. The number of amides is 3. The first kappa shape index (κ1) is 8.51. The summed E-state index contributed by atoms with van der Waals surface area (Å²) in [5.74, 6) is 0.476. The smallest absolute Gasteiger partial charge is 0.325 e. The predicted octanol–water partition coefficient (Wildman–Crippen LogP) is -1.86. The number of nitrogens with one attached hydrogen (secondary N) is 2. The van der Waals surface area contributed by atoms with Crippen molar-refractivity contribution < 1.29 is 9.59 Å². The van der Waals surface area contributed by atoms with E-state index in [4.69, 9.17) is 0 Å². The highest BCUT2D eigenvalue weighted by Gasteiger charge is 2.50. The summed E-state index contributed by atoms with van der Waals surface area (Å²) in [5.41, 5.74) is 0. The number of likely N-dealkylation sites (N-methyl/N-ethyl adjacent to an activating group) is 1. The molecule has 3 rings (SSSR count). The molecule has 0 aromatic rings. The number of guanidine groups is 1. The zero-order valence-corrected chi connectivity index (χ0v) is 8.23. The third-order valence-corrected chi connectivity index (χ3v) is 3.02. The summed E-state index contributed by atoms with van der Waals surface area (Å²) in [4.78, 5) is 30.7. The molecule has 3 aliphatic rings. The van der Waals surface area contributed by atoms with Crippen molar-refractivity contribution in [2.75, 3.05) is 20.1 Å². The fourth-order valence-electron chi connectivity index (χ4n) is 2.23. The summed E-state index contributed by atoms with van der Waals surface area (Å²) < 4.78 is 0. The summed E-state index contributed by atoms with van der Waals surface area (Å²) in [5, 5.41) is 5.41. The Morgan fingerprint density at radius 1 is 1.47 bits per heavy atom. The number of rotatable bonds is 0. The van der Waals surface area contributed by atoms with E-state index >= 15 is 0 Å². The van der Waals surface area contributed by atoms with E-state index in [0.717, 1.165) is 12.5 Å². The summed E-state index contributed by atoms with van der Waals surface area (Å²) >= 11 is 0. The molecular formula is C8H11N5O2. The van der Waals surface area contributed by atoms with E-state index in [9.17, 15) is 9.59 Å². The van der Waals surface area contributed by atoms with Crippen LogP contribution in [0.3, 0.4) is 0 Å². The number of hydrogen-bond donors (Lipinski definition) is 2. The van der Waals surface area contributed by atoms with Crippen molar-refractivity contribution in [3.8, 4) is 0 Å². The molecule has 0 saturated carbocycles. The monoisotopic (exact) mass is 209 g/mol. The molecule has 7 heteroatoms. The van der Waals surface area contributed by atoms with Gasteiger partial charge in [0.15, 0.2) is 12.0 Å². The average molecular weight is 209 g/mol. The Morgan fingerprint density at radius 3 is 3.07 bits per heavy atom. The van der Waals surface area contributed by atoms with Gasteiger partial charge in [-0.15, -0.1) is 0 Å². The van der Waals surface area contributed by atoms with Gasteiger partial charge in [-0.25, -0.2) is 4.79 Å². The number of imide groups is 1. The molecule has 2 fully saturated rings. The van der Waals surface area contributed by atoms with Gasteiger partial charge in [0, 0.05) is 13.6 Å². The highest BCUT2D eigenvalue weighted by molar-refractivity contribution is 6.04. The normalized spacial score (nSPS) is 33.3. The van der Waals surface area contributed by atoms with Crippen LogP contribution in [0, 0.1) is 0 Å². The van der Waals surface area contributed by atoms with Gasteiger partial charge in [0.05, 0.1) is 6.54 Å².